The number of rotatable bonds is 6. The lowest BCUT2D eigenvalue weighted by Crippen LogP contribution is -2.00. The average Bonchev–Trinajstić information content (AvgIpc) is 3.70. The maximum absolute atomic E-state index is 5.36. The molecule has 3 aromatic heterocycles. The molecule has 3 heterocycles. The van der Waals surface area contributed by atoms with Gasteiger partial charge in [0.05, 0.1) is 22.2 Å². The van der Waals surface area contributed by atoms with E-state index in [-0.39, 0.29) is 0 Å². The molecule has 5 nitrogen and oxygen atoms in total. The van der Waals surface area contributed by atoms with Crippen LogP contribution in [0.2, 0.25) is 0 Å². The monoisotopic (exact) mass is 827 g/mol. The van der Waals surface area contributed by atoms with E-state index in [0.717, 1.165) is 82.9 Å². The molecule has 10 aromatic carbocycles. The summed E-state index contributed by atoms with van der Waals surface area (Å²) >= 11 is 0. The molecule has 0 spiro atoms. The Morgan fingerprint density at radius 1 is 0.262 bits per heavy atom. The fraction of sp³-hybridized carbons (Fsp3) is 0. The lowest BCUT2D eigenvalue weighted by molar-refractivity contribution is 1.07. The largest absolute Gasteiger partial charge is 0.309 e. The van der Waals surface area contributed by atoms with Crippen LogP contribution in [-0.4, -0.2) is 24.5 Å². The third kappa shape index (κ3) is 6.32. The van der Waals surface area contributed by atoms with E-state index >= 15 is 0 Å². The highest BCUT2D eigenvalue weighted by atomic mass is 15.0. The van der Waals surface area contributed by atoms with Gasteiger partial charge >= 0.3 is 0 Å². The summed E-state index contributed by atoms with van der Waals surface area (Å²) in [7, 11) is 0. The van der Waals surface area contributed by atoms with Crippen molar-refractivity contribution in [3.63, 3.8) is 0 Å². The van der Waals surface area contributed by atoms with Gasteiger partial charge in [-0.05, 0) is 92.7 Å². The van der Waals surface area contributed by atoms with Gasteiger partial charge in [-0.3, -0.25) is 0 Å². The van der Waals surface area contributed by atoms with Crippen molar-refractivity contribution < 1.29 is 0 Å². The van der Waals surface area contributed by atoms with Crippen molar-refractivity contribution in [1.29, 1.82) is 0 Å². The molecular formula is C60H37N5. The Morgan fingerprint density at radius 3 is 1.51 bits per heavy atom. The summed E-state index contributed by atoms with van der Waals surface area (Å²) in [5.74, 6) is 1.94. The smallest absolute Gasteiger partial charge is 0.164 e. The van der Waals surface area contributed by atoms with Gasteiger partial charge in [0.2, 0.25) is 0 Å². The molecule has 0 radical (unpaired) electrons. The lowest BCUT2D eigenvalue weighted by Gasteiger charge is -2.13. The molecule has 0 aliphatic carbocycles. The third-order valence-electron chi connectivity index (χ3n) is 12.8. The number of para-hydroxylation sites is 2. The van der Waals surface area contributed by atoms with Gasteiger partial charge in [-0.1, -0.05) is 170 Å². The topological polar surface area (TPSA) is 56.5 Å². The summed E-state index contributed by atoms with van der Waals surface area (Å²) in [6, 6.07) is 79.6. The molecule has 0 aliphatic heterocycles. The molecule has 0 aliphatic rings. The van der Waals surface area contributed by atoms with Crippen LogP contribution >= 0.6 is 0 Å². The number of pyridine rings is 1. The summed E-state index contributed by atoms with van der Waals surface area (Å²) in [6.45, 7) is 0. The van der Waals surface area contributed by atoms with Crippen molar-refractivity contribution in [2.24, 2.45) is 0 Å². The van der Waals surface area contributed by atoms with E-state index in [1.807, 2.05) is 60.7 Å². The fourth-order valence-electron chi connectivity index (χ4n) is 9.56. The van der Waals surface area contributed by atoms with E-state index in [0.29, 0.717) is 17.5 Å². The van der Waals surface area contributed by atoms with Crippen LogP contribution in [-0.2, 0) is 0 Å². The Hall–Kier alpha value is -8.80. The van der Waals surface area contributed by atoms with Crippen LogP contribution in [0.15, 0.2) is 224 Å². The van der Waals surface area contributed by atoms with Crippen LogP contribution in [0, 0.1) is 0 Å². The Labute approximate surface area is 374 Å². The summed E-state index contributed by atoms with van der Waals surface area (Å²) in [6.07, 6.45) is 0. The Bertz CT molecular complexity index is 3930. The summed E-state index contributed by atoms with van der Waals surface area (Å²) < 4.78 is 2.42. The molecule has 13 aromatic rings. The van der Waals surface area contributed by atoms with E-state index in [4.69, 9.17) is 19.9 Å². The maximum Gasteiger partial charge on any atom is 0.164 e. The molecule has 0 N–H and O–H groups in total. The SMILES string of the molecule is c1ccc(-c2nc(-c3ccccc3)nc(-c3ccc4cc(-c5ccc6c7cc8c(cc7n(-c7ccccc7)c6c5)c(-c5ccc6ccccc6c5)nc5ccccc58)ccc4c3)n2)cc1. The molecule has 5 heteroatoms. The molecule has 65 heavy (non-hydrogen) atoms. The van der Waals surface area contributed by atoms with Crippen LogP contribution in [0.5, 0.6) is 0 Å². The van der Waals surface area contributed by atoms with Crippen LogP contribution in [0.3, 0.4) is 0 Å². The summed E-state index contributed by atoms with van der Waals surface area (Å²) in [4.78, 5) is 20.2. The Morgan fingerprint density at radius 2 is 0.769 bits per heavy atom. The molecule has 0 saturated heterocycles. The van der Waals surface area contributed by atoms with Crippen molar-refractivity contribution in [2.45, 2.75) is 0 Å². The zero-order valence-electron chi connectivity index (χ0n) is 35.1. The second-order valence-corrected chi connectivity index (χ2v) is 16.7. The van der Waals surface area contributed by atoms with Gasteiger partial charge in [-0.15, -0.1) is 0 Å². The van der Waals surface area contributed by atoms with Crippen LogP contribution in [0.25, 0.3) is 127 Å². The first kappa shape index (κ1) is 36.8. The Kier molecular flexibility index (Phi) is 8.46. The van der Waals surface area contributed by atoms with Crippen LogP contribution in [0.4, 0.5) is 0 Å². The fourth-order valence-corrected chi connectivity index (χ4v) is 9.56. The number of aromatic nitrogens is 5. The van der Waals surface area contributed by atoms with Crippen molar-refractivity contribution in [3.8, 4) is 62.2 Å². The van der Waals surface area contributed by atoms with E-state index in [1.54, 1.807) is 0 Å². The first-order chi connectivity index (χ1) is 32.2. The molecule has 0 atom stereocenters. The van der Waals surface area contributed by atoms with E-state index < -0.39 is 0 Å². The molecule has 0 saturated carbocycles. The van der Waals surface area contributed by atoms with Gasteiger partial charge in [0.25, 0.3) is 0 Å². The van der Waals surface area contributed by atoms with E-state index in [1.165, 1.54) is 26.9 Å². The predicted molar refractivity (Wildman–Crippen MR) is 269 cm³/mol. The Balaban J connectivity index is 0.959. The number of fused-ring (bicyclic) bond motifs is 8. The minimum Gasteiger partial charge on any atom is -0.309 e. The second kappa shape index (κ2) is 14.9. The lowest BCUT2D eigenvalue weighted by atomic mass is 9.96. The first-order valence-corrected chi connectivity index (χ1v) is 22.0. The average molecular weight is 828 g/mol. The molecule has 13 rings (SSSR count). The van der Waals surface area contributed by atoms with Gasteiger partial charge in [0.15, 0.2) is 17.5 Å². The molecule has 0 unspecified atom stereocenters. The molecule has 0 fully saturated rings. The summed E-state index contributed by atoms with van der Waals surface area (Å²) in [5, 5.41) is 10.6. The maximum atomic E-state index is 5.36. The summed E-state index contributed by atoms with van der Waals surface area (Å²) in [5.41, 5.74) is 11.6. The highest BCUT2D eigenvalue weighted by molar-refractivity contribution is 6.20. The van der Waals surface area contributed by atoms with Crippen molar-refractivity contribution >= 4 is 65.0 Å². The van der Waals surface area contributed by atoms with Gasteiger partial charge in [-0.2, -0.15) is 0 Å². The van der Waals surface area contributed by atoms with E-state index in [2.05, 4.69) is 168 Å². The minimum atomic E-state index is 0.642. The number of benzene rings is 10. The van der Waals surface area contributed by atoms with Gasteiger partial charge in [0.1, 0.15) is 0 Å². The third-order valence-corrected chi connectivity index (χ3v) is 12.8. The second-order valence-electron chi connectivity index (χ2n) is 16.7. The van der Waals surface area contributed by atoms with Gasteiger partial charge < -0.3 is 4.57 Å². The van der Waals surface area contributed by atoms with Crippen LogP contribution < -0.4 is 0 Å². The highest BCUT2D eigenvalue weighted by Gasteiger charge is 2.19. The van der Waals surface area contributed by atoms with Crippen molar-refractivity contribution in [1.82, 2.24) is 24.5 Å². The zero-order valence-corrected chi connectivity index (χ0v) is 35.1. The number of hydrogen-bond donors (Lipinski definition) is 0. The quantitative estimate of drug-likeness (QED) is 0.157. The number of hydrogen-bond acceptors (Lipinski definition) is 4. The van der Waals surface area contributed by atoms with Crippen molar-refractivity contribution in [3.05, 3.63) is 224 Å². The van der Waals surface area contributed by atoms with Crippen molar-refractivity contribution in [2.75, 3.05) is 0 Å². The van der Waals surface area contributed by atoms with E-state index in [9.17, 15) is 0 Å². The molecule has 0 amide bonds. The zero-order chi connectivity index (χ0) is 42.8. The van der Waals surface area contributed by atoms with Gasteiger partial charge in [0, 0.05) is 49.5 Å². The van der Waals surface area contributed by atoms with Gasteiger partial charge in [-0.25, -0.2) is 19.9 Å². The molecular weight excluding hydrogens is 791 g/mol. The highest BCUT2D eigenvalue weighted by Crippen LogP contribution is 2.42. The predicted octanol–water partition coefficient (Wildman–Crippen LogP) is 15.3. The number of nitrogens with zero attached hydrogens (tertiary/aromatic N) is 5. The standard InChI is InChI=1S/C60H37N5/c1-4-15-39(16-5-1)58-62-59(40-17-6-2-7-18-40)64-60(63-58)47-29-27-42-32-43(25-26-44(42)34-47)45-30-31-50-52-36-51-49-22-12-13-23-54(49)61-57(46-28-24-38-14-10-11-19-41(38)33-46)53(51)37-56(52)65(55(50)35-45)48-20-8-3-9-21-48/h1-37H. The normalized spacial score (nSPS) is 11.7. The first-order valence-electron chi connectivity index (χ1n) is 22.0. The molecule has 0 bridgehead atoms. The minimum absolute atomic E-state index is 0.642. The van der Waals surface area contributed by atoms with Crippen LogP contribution in [0.1, 0.15) is 0 Å². The molecule has 302 valence electrons.